The smallest absolute Gasteiger partial charge is 0.335 e. The molecule has 0 spiro atoms. The van der Waals surface area contributed by atoms with Crippen LogP contribution in [0, 0.1) is 0 Å². The number of hydrogen-bond acceptors (Lipinski definition) is 2. The van der Waals surface area contributed by atoms with Gasteiger partial charge in [-0.3, -0.25) is 0 Å². The van der Waals surface area contributed by atoms with E-state index in [0.29, 0.717) is 11.6 Å². The molecule has 1 N–H and O–H groups in total. The van der Waals surface area contributed by atoms with Gasteiger partial charge in [-0.05, 0) is 38.0 Å². The predicted molar refractivity (Wildman–Crippen MR) is 67.1 cm³/mol. The molecule has 1 unspecified atom stereocenters. The fraction of sp³-hybridized carbons (Fsp3) is 0.417. The van der Waals surface area contributed by atoms with Gasteiger partial charge in [-0.2, -0.15) is 0 Å². The minimum Gasteiger partial charge on any atom is -0.478 e. The van der Waals surface area contributed by atoms with Crippen molar-refractivity contribution in [1.82, 2.24) is 0 Å². The SMILES string of the molecule is CC1CCCN1c1cc(Br)cc(C(=O)O)c1. The number of rotatable bonds is 2. The van der Waals surface area contributed by atoms with Crippen LogP contribution in [0.1, 0.15) is 30.1 Å². The van der Waals surface area contributed by atoms with Gasteiger partial charge in [0.15, 0.2) is 0 Å². The normalized spacial score (nSPS) is 20.1. The second-order valence-electron chi connectivity index (χ2n) is 4.19. The van der Waals surface area contributed by atoms with Gasteiger partial charge < -0.3 is 10.0 Å². The molecule has 1 aromatic carbocycles. The third-order valence-electron chi connectivity index (χ3n) is 3.01. The van der Waals surface area contributed by atoms with Crippen molar-refractivity contribution >= 4 is 27.6 Å². The molecule has 86 valence electrons. The molecule has 1 aromatic rings. The van der Waals surface area contributed by atoms with Crippen molar-refractivity contribution in [1.29, 1.82) is 0 Å². The van der Waals surface area contributed by atoms with E-state index < -0.39 is 5.97 Å². The monoisotopic (exact) mass is 283 g/mol. The first-order valence-electron chi connectivity index (χ1n) is 5.38. The highest BCUT2D eigenvalue weighted by molar-refractivity contribution is 9.10. The molecule has 0 aromatic heterocycles. The Morgan fingerprint density at radius 3 is 2.81 bits per heavy atom. The van der Waals surface area contributed by atoms with Crippen LogP contribution in [-0.2, 0) is 0 Å². The van der Waals surface area contributed by atoms with Crippen molar-refractivity contribution in [3.8, 4) is 0 Å². The first kappa shape index (κ1) is 11.5. The summed E-state index contributed by atoms with van der Waals surface area (Å²) < 4.78 is 0.821. The van der Waals surface area contributed by atoms with Gasteiger partial charge in [0.2, 0.25) is 0 Å². The van der Waals surface area contributed by atoms with Gasteiger partial charge >= 0.3 is 5.97 Å². The molecule has 0 radical (unpaired) electrons. The van der Waals surface area contributed by atoms with Gasteiger partial charge in [-0.1, -0.05) is 15.9 Å². The van der Waals surface area contributed by atoms with Gasteiger partial charge in [0.25, 0.3) is 0 Å². The average Bonchev–Trinajstić information content (AvgIpc) is 2.63. The number of aromatic carboxylic acids is 1. The van der Waals surface area contributed by atoms with Crippen LogP contribution >= 0.6 is 15.9 Å². The fourth-order valence-corrected chi connectivity index (χ4v) is 2.66. The summed E-state index contributed by atoms with van der Waals surface area (Å²) in [5, 5.41) is 9.00. The van der Waals surface area contributed by atoms with E-state index in [2.05, 4.69) is 27.8 Å². The molecule has 1 heterocycles. The molecule has 0 aliphatic carbocycles. The van der Waals surface area contributed by atoms with Crippen LogP contribution in [0.3, 0.4) is 0 Å². The molecule has 1 saturated heterocycles. The number of carboxylic acids is 1. The highest BCUT2D eigenvalue weighted by atomic mass is 79.9. The first-order valence-corrected chi connectivity index (χ1v) is 6.18. The molecule has 1 aliphatic rings. The minimum absolute atomic E-state index is 0.337. The van der Waals surface area contributed by atoms with Crippen molar-refractivity contribution in [2.24, 2.45) is 0 Å². The van der Waals surface area contributed by atoms with Crippen LogP contribution in [0.15, 0.2) is 22.7 Å². The summed E-state index contributed by atoms with van der Waals surface area (Å²) in [6, 6.07) is 5.85. The standard InChI is InChI=1S/C12H14BrNO2/c1-8-3-2-4-14(8)11-6-9(12(15)16)5-10(13)7-11/h5-8H,2-4H2,1H3,(H,15,16). The van der Waals surface area contributed by atoms with Crippen LogP contribution < -0.4 is 4.90 Å². The molecule has 16 heavy (non-hydrogen) atoms. The number of benzene rings is 1. The lowest BCUT2D eigenvalue weighted by molar-refractivity contribution is 0.0697. The zero-order valence-electron chi connectivity index (χ0n) is 9.11. The summed E-state index contributed by atoms with van der Waals surface area (Å²) in [5.74, 6) is -0.880. The summed E-state index contributed by atoms with van der Waals surface area (Å²) in [4.78, 5) is 13.2. The van der Waals surface area contributed by atoms with Crippen molar-refractivity contribution in [2.75, 3.05) is 11.4 Å². The number of carbonyl (C=O) groups is 1. The van der Waals surface area contributed by atoms with Crippen LogP contribution in [0.25, 0.3) is 0 Å². The highest BCUT2D eigenvalue weighted by Gasteiger charge is 2.21. The van der Waals surface area contributed by atoms with Crippen molar-refractivity contribution in [2.45, 2.75) is 25.8 Å². The van der Waals surface area contributed by atoms with Crippen molar-refractivity contribution in [3.63, 3.8) is 0 Å². The minimum atomic E-state index is -0.880. The number of halogens is 1. The van der Waals surface area contributed by atoms with Crippen molar-refractivity contribution < 1.29 is 9.90 Å². The molecule has 0 saturated carbocycles. The Balaban J connectivity index is 2.37. The Kier molecular flexibility index (Phi) is 3.19. The third-order valence-corrected chi connectivity index (χ3v) is 3.47. The summed E-state index contributed by atoms with van der Waals surface area (Å²) >= 11 is 3.36. The molecule has 1 fully saturated rings. The van der Waals surface area contributed by atoms with E-state index in [1.165, 1.54) is 12.8 Å². The number of anilines is 1. The summed E-state index contributed by atoms with van der Waals surface area (Å²) in [6.45, 7) is 3.19. The average molecular weight is 284 g/mol. The van der Waals surface area contributed by atoms with Gasteiger partial charge in [-0.25, -0.2) is 4.79 Å². The maximum Gasteiger partial charge on any atom is 0.335 e. The molecule has 0 amide bonds. The Labute approximate surface area is 103 Å². The maximum atomic E-state index is 11.0. The van der Waals surface area contributed by atoms with Gasteiger partial charge in [0.1, 0.15) is 0 Å². The molecule has 1 aliphatic heterocycles. The van der Waals surface area contributed by atoms with E-state index in [1.807, 2.05) is 6.07 Å². The lowest BCUT2D eigenvalue weighted by Gasteiger charge is -2.24. The van der Waals surface area contributed by atoms with Gasteiger partial charge in [0, 0.05) is 22.7 Å². The Bertz CT molecular complexity index is 419. The van der Waals surface area contributed by atoms with E-state index in [1.54, 1.807) is 12.1 Å². The molecule has 2 rings (SSSR count). The lowest BCUT2D eigenvalue weighted by Crippen LogP contribution is -2.26. The molecule has 1 atom stereocenters. The number of carboxylic acid groups (broad SMARTS) is 1. The van der Waals surface area contributed by atoms with Gasteiger partial charge in [0.05, 0.1) is 5.56 Å². The molecule has 4 heteroatoms. The van der Waals surface area contributed by atoms with Crippen LogP contribution in [0.4, 0.5) is 5.69 Å². The summed E-state index contributed by atoms with van der Waals surface area (Å²) in [6.07, 6.45) is 2.35. The summed E-state index contributed by atoms with van der Waals surface area (Å²) in [5.41, 5.74) is 1.33. The summed E-state index contributed by atoms with van der Waals surface area (Å²) in [7, 11) is 0. The van der Waals surface area contributed by atoms with E-state index in [4.69, 9.17) is 5.11 Å². The largest absolute Gasteiger partial charge is 0.478 e. The Morgan fingerprint density at radius 2 is 2.25 bits per heavy atom. The first-order chi connectivity index (χ1) is 7.58. The number of nitrogens with zero attached hydrogens (tertiary/aromatic N) is 1. The topological polar surface area (TPSA) is 40.5 Å². The van der Waals surface area contributed by atoms with E-state index in [0.717, 1.165) is 16.7 Å². The molecular formula is C12H14BrNO2. The van der Waals surface area contributed by atoms with Crippen LogP contribution in [0.2, 0.25) is 0 Å². The maximum absolute atomic E-state index is 11.0. The Hall–Kier alpha value is -1.03. The third kappa shape index (κ3) is 2.21. The van der Waals surface area contributed by atoms with E-state index in [-0.39, 0.29) is 0 Å². The van der Waals surface area contributed by atoms with E-state index in [9.17, 15) is 4.79 Å². The van der Waals surface area contributed by atoms with Crippen LogP contribution in [-0.4, -0.2) is 23.7 Å². The Morgan fingerprint density at radius 1 is 1.50 bits per heavy atom. The molecule has 0 bridgehead atoms. The van der Waals surface area contributed by atoms with Crippen molar-refractivity contribution in [3.05, 3.63) is 28.2 Å². The van der Waals surface area contributed by atoms with Crippen LogP contribution in [0.5, 0.6) is 0 Å². The number of hydrogen-bond donors (Lipinski definition) is 1. The highest BCUT2D eigenvalue weighted by Crippen LogP contribution is 2.29. The predicted octanol–water partition coefficient (Wildman–Crippen LogP) is 3.14. The zero-order valence-corrected chi connectivity index (χ0v) is 10.7. The van der Waals surface area contributed by atoms with Gasteiger partial charge in [-0.15, -0.1) is 0 Å². The van der Waals surface area contributed by atoms with E-state index >= 15 is 0 Å². The molecule has 3 nitrogen and oxygen atoms in total. The lowest BCUT2D eigenvalue weighted by atomic mass is 10.1. The quantitative estimate of drug-likeness (QED) is 0.907. The molecular weight excluding hydrogens is 270 g/mol. The fourth-order valence-electron chi connectivity index (χ4n) is 2.18. The second-order valence-corrected chi connectivity index (χ2v) is 5.10. The zero-order chi connectivity index (χ0) is 11.7. The second kappa shape index (κ2) is 4.45.